The molecule has 0 bridgehead atoms. The number of amides is 1. The molecule has 0 aliphatic heterocycles. The summed E-state index contributed by atoms with van der Waals surface area (Å²) in [6.07, 6.45) is 5.16. The van der Waals surface area contributed by atoms with E-state index in [-0.39, 0.29) is 41.7 Å². The number of aliphatic hydroxyl groups excluding tert-OH is 1. The predicted octanol–water partition coefficient (Wildman–Crippen LogP) is 6.43. The van der Waals surface area contributed by atoms with Gasteiger partial charge in [0.15, 0.2) is 0 Å². The van der Waals surface area contributed by atoms with E-state index >= 15 is 0 Å². The number of nitrogens with zero attached hydrogens (tertiary/aromatic N) is 1. The highest BCUT2D eigenvalue weighted by Gasteiger charge is 2.55. The number of carbonyl (C=O) groups excluding carboxylic acids is 1. The van der Waals surface area contributed by atoms with Crippen molar-refractivity contribution in [2.24, 2.45) is 22.4 Å². The van der Waals surface area contributed by atoms with Gasteiger partial charge in [0.1, 0.15) is 17.2 Å². The summed E-state index contributed by atoms with van der Waals surface area (Å²) < 4.78 is 10.8. The Labute approximate surface area is 272 Å². The summed E-state index contributed by atoms with van der Waals surface area (Å²) in [7, 11) is 3.31. The summed E-state index contributed by atoms with van der Waals surface area (Å²) in [5.41, 5.74) is 7.87. The van der Waals surface area contributed by atoms with E-state index in [0.29, 0.717) is 24.2 Å². The highest BCUT2D eigenvalue weighted by Crippen LogP contribution is 2.61. The number of phenolic OH excluding ortho intramolecular Hbond substituents is 1. The number of rotatable bonds is 10. The third-order valence-corrected chi connectivity index (χ3v) is 11.2. The molecule has 3 aliphatic carbocycles. The first kappa shape index (κ1) is 32.1. The minimum atomic E-state index is -0.269. The molecule has 0 aromatic heterocycles. The lowest BCUT2D eigenvalue weighted by Gasteiger charge is -2.50. The molecular formula is C38H47N3O5. The molecule has 3 aromatic rings. The van der Waals surface area contributed by atoms with Crippen LogP contribution in [0.4, 0.5) is 0 Å². The van der Waals surface area contributed by atoms with Crippen LogP contribution in [0.5, 0.6) is 17.2 Å². The molecular weight excluding hydrogens is 578 g/mol. The van der Waals surface area contributed by atoms with Crippen molar-refractivity contribution < 1.29 is 24.5 Å². The van der Waals surface area contributed by atoms with Crippen LogP contribution in [0.15, 0.2) is 71.8 Å². The lowest BCUT2D eigenvalue weighted by Crippen LogP contribution is -2.45. The number of aromatic hydroxyl groups is 1. The molecule has 2 unspecified atom stereocenters. The largest absolute Gasteiger partial charge is 0.508 e. The van der Waals surface area contributed by atoms with Crippen molar-refractivity contribution in [1.29, 1.82) is 0 Å². The van der Waals surface area contributed by atoms with Crippen LogP contribution in [0, 0.1) is 17.3 Å². The first-order chi connectivity index (χ1) is 22.2. The Morgan fingerprint density at radius 2 is 1.65 bits per heavy atom. The molecule has 6 rings (SSSR count). The van der Waals surface area contributed by atoms with Crippen LogP contribution in [0.25, 0.3) is 0 Å². The Balaban J connectivity index is 1.22. The second-order valence-corrected chi connectivity index (χ2v) is 13.5. The van der Waals surface area contributed by atoms with Crippen molar-refractivity contribution in [2.45, 2.75) is 76.4 Å². The van der Waals surface area contributed by atoms with Gasteiger partial charge in [-0.15, -0.1) is 0 Å². The molecule has 2 saturated carbocycles. The molecule has 0 heterocycles. The Morgan fingerprint density at radius 1 is 0.978 bits per heavy atom. The zero-order chi connectivity index (χ0) is 32.4. The average molecular weight is 626 g/mol. The number of methoxy groups -OCH3 is 2. The fourth-order valence-corrected chi connectivity index (χ4v) is 8.68. The maximum Gasteiger partial charge on any atom is 0.254 e. The van der Waals surface area contributed by atoms with Crippen molar-refractivity contribution in [1.82, 2.24) is 10.7 Å². The van der Waals surface area contributed by atoms with Crippen LogP contribution in [0.3, 0.4) is 0 Å². The van der Waals surface area contributed by atoms with Gasteiger partial charge in [0.05, 0.1) is 32.6 Å². The predicted molar refractivity (Wildman–Crippen MR) is 179 cm³/mol. The third-order valence-electron chi connectivity index (χ3n) is 11.2. The standard InChI is InChI=1S/C38H47N3O5/c1-5-28(23-6-11-26(45-3)12-7-23)37(24-8-13-27(46-4)14-9-24)39-22-36(44)41-40-34-21-31-30(29-15-10-25(42)20-32(29)34)18-19-38(2)33(31)16-17-35(38)43/h6-15,20,28,30-31,33,35,37,39,42-43H,5,16-19,21-22H2,1-4H3,(H,41,44)/b40-34+/t28?,30-,31-,33+,35+,37?,38+/m1/s1. The minimum Gasteiger partial charge on any atom is -0.508 e. The van der Waals surface area contributed by atoms with E-state index < -0.39 is 0 Å². The highest BCUT2D eigenvalue weighted by molar-refractivity contribution is 6.04. The van der Waals surface area contributed by atoms with Crippen molar-refractivity contribution in [3.63, 3.8) is 0 Å². The van der Waals surface area contributed by atoms with E-state index in [9.17, 15) is 15.0 Å². The monoisotopic (exact) mass is 625 g/mol. The summed E-state index contributed by atoms with van der Waals surface area (Å²) in [6, 6.07) is 21.5. The number of fused-ring (bicyclic) bond motifs is 5. The molecule has 3 aliphatic rings. The van der Waals surface area contributed by atoms with Gasteiger partial charge in [0.2, 0.25) is 0 Å². The van der Waals surface area contributed by atoms with Gasteiger partial charge in [0, 0.05) is 17.5 Å². The summed E-state index contributed by atoms with van der Waals surface area (Å²) in [4.78, 5) is 13.4. The van der Waals surface area contributed by atoms with Gasteiger partial charge < -0.3 is 25.0 Å². The van der Waals surface area contributed by atoms with E-state index in [1.54, 1.807) is 26.4 Å². The van der Waals surface area contributed by atoms with Crippen molar-refractivity contribution in [3.8, 4) is 17.2 Å². The van der Waals surface area contributed by atoms with Crippen LogP contribution in [0.2, 0.25) is 0 Å². The smallest absolute Gasteiger partial charge is 0.254 e. The molecule has 8 nitrogen and oxygen atoms in total. The number of hydrogen-bond acceptors (Lipinski definition) is 7. The second-order valence-electron chi connectivity index (χ2n) is 13.5. The first-order valence-corrected chi connectivity index (χ1v) is 16.6. The Kier molecular flexibility index (Phi) is 9.39. The zero-order valence-electron chi connectivity index (χ0n) is 27.3. The summed E-state index contributed by atoms with van der Waals surface area (Å²) in [5.74, 6) is 2.76. The van der Waals surface area contributed by atoms with Crippen LogP contribution < -0.4 is 20.2 Å². The fraction of sp³-hybridized carbons (Fsp3) is 0.474. The molecule has 244 valence electrons. The quantitative estimate of drug-likeness (QED) is 0.193. The van der Waals surface area contributed by atoms with Gasteiger partial charge in [-0.3, -0.25) is 4.79 Å². The summed E-state index contributed by atoms with van der Waals surface area (Å²) in [6.45, 7) is 4.48. The van der Waals surface area contributed by atoms with Crippen molar-refractivity contribution >= 4 is 11.6 Å². The molecule has 0 radical (unpaired) electrons. The summed E-state index contributed by atoms with van der Waals surface area (Å²) in [5, 5.41) is 29.5. The highest BCUT2D eigenvalue weighted by atomic mass is 16.5. The normalized spacial score (nSPS) is 27.2. The molecule has 0 spiro atoms. The molecule has 46 heavy (non-hydrogen) atoms. The zero-order valence-corrected chi connectivity index (χ0v) is 27.3. The van der Waals surface area contributed by atoms with Crippen LogP contribution in [0.1, 0.15) is 92.5 Å². The van der Waals surface area contributed by atoms with E-state index in [2.05, 4.69) is 36.7 Å². The van der Waals surface area contributed by atoms with E-state index in [4.69, 9.17) is 14.6 Å². The van der Waals surface area contributed by atoms with Gasteiger partial charge in [-0.1, -0.05) is 44.2 Å². The molecule has 2 fully saturated rings. The molecule has 0 saturated heterocycles. The number of benzene rings is 3. The van der Waals surface area contributed by atoms with E-state index in [1.807, 2.05) is 42.5 Å². The van der Waals surface area contributed by atoms with Gasteiger partial charge in [-0.05, 0) is 115 Å². The molecule has 7 atom stereocenters. The second kappa shape index (κ2) is 13.5. The maximum absolute atomic E-state index is 13.4. The third kappa shape index (κ3) is 6.13. The van der Waals surface area contributed by atoms with Gasteiger partial charge in [0.25, 0.3) is 5.91 Å². The van der Waals surface area contributed by atoms with Gasteiger partial charge in [-0.25, -0.2) is 5.43 Å². The van der Waals surface area contributed by atoms with E-state index in [1.165, 1.54) is 5.56 Å². The number of hydrazone groups is 1. The van der Waals surface area contributed by atoms with Crippen molar-refractivity contribution in [3.05, 3.63) is 89.0 Å². The number of carbonyl (C=O) groups is 1. The molecule has 8 heteroatoms. The summed E-state index contributed by atoms with van der Waals surface area (Å²) >= 11 is 0. The minimum absolute atomic E-state index is 0.0754. The van der Waals surface area contributed by atoms with Crippen LogP contribution in [-0.4, -0.2) is 48.7 Å². The molecule has 4 N–H and O–H groups in total. The lowest BCUT2D eigenvalue weighted by molar-refractivity contribution is -0.120. The number of ether oxygens (including phenoxy) is 2. The lowest BCUT2D eigenvalue weighted by atomic mass is 9.55. The Bertz CT molecular complexity index is 1560. The van der Waals surface area contributed by atoms with Crippen molar-refractivity contribution in [2.75, 3.05) is 20.8 Å². The molecule has 1 amide bonds. The average Bonchev–Trinajstić information content (AvgIpc) is 3.39. The Hall–Kier alpha value is -3.88. The van der Waals surface area contributed by atoms with Gasteiger partial charge in [-0.2, -0.15) is 5.10 Å². The van der Waals surface area contributed by atoms with Gasteiger partial charge >= 0.3 is 0 Å². The number of phenols is 1. The van der Waals surface area contributed by atoms with Crippen LogP contribution in [-0.2, 0) is 4.79 Å². The first-order valence-electron chi connectivity index (χ1n) is 16.6. The number of nitrogens with one attached hydrogen (secondary N) is 2. The SMILES string of the molecule is CCC(c1ccc(OC)cc1)C(NCC(=O)N/N=C1\C[C@@H]2[C@H](CC[C@]3(C)[C@@H](O)CC[C@@H]23)c2ccc(O)cc21)c1ccc(OC)cc1. The maximum atomic E-state index is 13.4. The number of aliphatic hydroxyl groups is 1. The molecule has 3 aromatic carbocycles. The van der Waals surface area contributed by atoms with E-state index in [0.717, 1.165) is 66.0 Å². The Morgan fingerprint density at radius 3 is 2.30 bits per heavy atom. The van der Waals surface area contributed by atoms with Crippen LogP contribution >= 0.6 is 0 Å². The topological polar surface area (TPSA) is 112 Å². The fourth-order valence-electron chi connectivity index (χ4n) is 8.68. The number of hydrogen-bond donors (Lipinski definition) is 4.